The molecule has 2 aliphatic rings. The fraction of sp³-hybridized carbons (Fsp3) is 0.769. The van der Waals surface area contributed by atoms with E-state index in [0.29, 0.717) is 10.9 Å². The first kappa shape index (κ1) is 14.1. The van der Waals surface area contributed by atoms with E-state index in [1.54, 1.807) is 0 Å². The molecule has 0 amide bonds. The van der Waals surface area contributed by atoms with Gasteiger partial charge in [-0.2, -0.15) is 4.37 Å². The smallest absolute Gasteiger partial charge is 0.187 e. The zero-order chi connectivity index (χ0) is 14.3. The number of sulfone groups is 1. The second-order valence-electron chi connectivity index (χ2n) is 5.95. The first-order valence-corrected chi connectivity index (χ1v) is 9.57. The normalized spacial score (nSPS) is 22.1. The van der Waals surface area contributed by atoms with Crippen LogP contribution in [0.1, 0.15) is 45.4 Å². The van der Waals surface area contributed by atoms with Gasteiger partial charge in [0.2, 0.25) is 0 Å². The molecule has 2 fully saturated rings. The molecule has 0 saturated heterocycles. The summed E-state index contributed by atoms with van der Waals surface area (Å²) < 4.78 is 28.9. The van der Waals surface area contributed by atoms with E-state index in [-0.39, 0.29) is 22.0 Å². The van der Waals surface area contributed by atoms with Crippen molar-refractivity contribution in [2.45, 2.75) is 61.6 Å². The highest BCUT2D eigenvalue weighted by Crippen LogP contribution is 2.42. The van der Waals surface area contributed by atoms with Crippen molar-refractivity contribution in [2.24, 2.45) is 5.92 Å². The van der Waals surface area contributed by atoms with Crippen molar-refractivity contribution >= 4 is 32.2 Å². The quantitative estimate of drug-likeness (QED) is 0.872. The number of rotatable bonds is 5. The number of aromatic nitrogens is 1. The molecular weight excluding hydrogens is 294 g/mol. The van der Waals surface area contributed by atoms with Crippen LogP contribution in [0.3, 0.4) is 0 Å². The van der Waals surface area contributed by atoms with Crippen molar-refractivity contribution in [1.29, 1.82) is 0 Å². The lowest BCUT2D eigenvalue weighted by Crippen LogP contribution is -2.24. The van der Waals surface area contributed by atoms with Crippen molar-refractivity contribution in [3.63, 3.8) is 0 Å². The fourth-order valence-electron chi connectivity index (χ4n) is 2.99. The van der Waals surface area contributed by atoms with Gasteiger partial charge < -0.3 is 11.1 Å². The third-order valence-electron chi connectivity index (χ3n) is 4.39. The SMILES string of the molecule is CC(Nc1snc(N)c1S(=O)(=O)C1CC1)C1CCCC1. The van der Waals surface area contributed by atoms with E-state index in [1.165, 1.54) is 37.2 Å². The highest BCUT2D eigenvalue weighted by molar-refractivity contribution is 7.92. The molecule has 1 aromatic rings. The zero-order valence-electron chi connectivity index (χ0n) is 11.6. The number of hydrogen-bond donors (Lipinski definition) is 2. The predicted octanol–water partition coefficient (Wildman–Crippen LogP) is 2.65. The molecule has 3 N–H and O–H groups in total. The average molecular weight is 315 g/mol. The molecule has 2 saturated carbocycles. The molecule has 20 heavy (non-hydrogen) atoms. The lowest BCUT2D eigenvalue weighted by molar-refractivity contribution is 0.482. The van der Waals surface area contributed by atoms with Crippen LogP contribution in [0.25, 0.3) is 0 Å². The Morgan fingerprint density at radius 3 is 2.55 bits per heavy atom. The molecule has 0 bridgehead atoms. The van der Waals surface area contributed by atoms with E-state index in [9.17, 15) is 8.42 Å². The maximum absolute atomic E-state index is 12.4. The molecule has 0 spiro atoms. The number of nitrogens with two attached hydrogens (primary N) is 1. The van der Waals surface area contributed by atoms with Gasteiger partial charge in [-0.15, -0.1) is 0 Å². The summed E-state index contributed by atoms with van der Waals surface area (Å²) >= 11 is 1.17. The highest BCUT2D eigenvalue weighted by Gasteiger charge is 2.41. The third kappa shape index (κ3) is 2.53. The van der Waals surface area contributed by atoms with Crippen LogP contribution in [0.4, 0.5) is 10.8 Å². The number of hydrogen-bond acceptors (Lipinski definition) is 6. The van der Waals surface area contributed by atoms with Crippen LogP contribution in [0.5, 0.6) is 0 Å². The van der Waals surface area contributed by atoms with Gasteiger partial charge in [0, 0.05) is 6.04 Å². The van der Waals surface area contributed by atoms with Crippen molar-refractivity contribution in [1.82, 2.24) is 4.37 Å². The monoisotopic (exact) mass is 315 g/mol. The van der Waals surface area contributed by atoms with Crippen molar-refractivity contribution < 1.29 is 8.42 Å². The zero-order valence-corrected chi connectivity index (χ0v) is 13.3. The van der Waals surface area contributed by atoms with E-state index in [4.69, 9.17) is 5.73 Å². The number of anilines is 2. The van der Waals surface area contributed by atoms with Crippen LogP contribution < -0.4 is 11.1 Å². The third-order valence-corrected chi connectivity index (χ3v) is 7.64. The van der Waals surface area contributed by atoms with E-state index in [2.05, 4.69) is 16.6 Å². The summed E-state index contributed by atoms with van der Waals surface area (Å²) in [6, 6.07) is 0.269. The summed E-state index contributed by atoms with van der Waals surface area (Å²) in [7, 11) is -3.29. The maximum atomic E-state index is 12.4. The maximum Gasteiger partial charge on any atom is 0.187 e. The Morgan fingerprint density at radius 1 is 1.30 bits per heavy atom. The van der Waals surface area contributed by atoms with Gasteiger partial charge in [0.15, 0.2) is 15.7 Å². The molecule has 1 atom stereocenters. The summed E-state index contributed by atoms with van der Waals surface area (Å²) in [5, 5.41) is 3.75. The van der Waals surface area contributed by atoms with Gasteiger partial charge in [-0.3, -0.25) is 0 Å². The molecule has 1 aromatic heterocycles. The largest absolute Gasteiger partial charge is 0.382 e. The summed E-state index contributed by atoms with van der Waals surface area (Å²) in [4.78, 5) is 0.245. The van der Waals surface area contributed by atoms with E-state index < -0.39 is 9.84 Å². The average Bonchev–Trinajstić information content (AvgIpc) is 2.99. The highest BCUT2D eigenvalue weighted by atomic mass is 32.2. The van der Waals surface area contributed by atoms with Crippen LogP contribution in [0, 0.1) is 5.92 Å². The minimum Gasteiger partial charge on any atom is -0.382 e. The van der Waals surface area contributed by atoms with Crippen molar-refractivity contribution in [2.75, 3.05) is 11.1 Å². The standard InChI is InChI=1S/C13H21N3O2S2/c1-8(9-4-2-3-5-9)15-13-11(12(14)16-19-13)20(17,18)10-6-7-10/h8-10,15H,2-7H2,1H3,(H2,14,16). The topological polar surface area (TPSA) is 85.1 Å². The van der Waals surface area contributed by atoms with Gasteiger partial charge in [0.25, 0.3) is 0 Å². The summed E-state index contributed by atoms with van der Waals surface area (Å²) in [6.45, 7) is 2.12. The van der Waals surface area contributed by atoms with E-state index in [1.807, 2.05) is 0 Å². The van der Waals surface area contributed by atoms with Gasteiger partial charge >= 0.3 is 0 Å². The second kappa shape index (κ2) is 5.18. The van der Waals surface area contributed by atoms with Gasteiger partial charge in [0.05, 0.1) is 5.25 Å². The Labute approximate surface area is 124 Å². The van der Waals surface area contributed by atoms with Crippen LogP contribution in [0.15, 0.2) is 4.90 Å². The van der Waals surface area contributed by atoms with E-state index >= 15 is 0 Å². The molecule has 2 aliphatic carbocycles. The molecule has 0 radical (unpaired) electrons. The molecule has 5 nitrogen and oxygen atoms in total. The molecule has 112 valence electrons. The van der Waals surface area contributed by atoms with Crippen molar-refractivity contribution in [3.05, 3.63) is 0 Å². The minimum absolute atomic E-state index is 0.156. The molecule has 0 aromatic carbocycles. The van der Waals surface area contributed by atoms with E-state index in [0.717, 1.165) is 12.8 Å². The lowest BCUT2D eigenvalue weighted by Gasteiger charge is -2.21. The molecule has 7 heteroatoms. The molecule has 3 rings (SSSR count). The van der Waals surface area contributed by atoms with Gasteiger partial charge in [-0.1, -0.05) is 12.8 Å². The lowest BCUT2D eigenvalue weighted by atomic mass is 10.0. The number of nitrogens with zero attached hydrogens (tertiary/aromatic N) is 1. The molecular formula is C13H21N3O2S2. The van der Waals surface area contributed by atoms with Crippen LogP contribution in [-0.4, -0.2) is 24.1 Å². The second-order valence-corrected chi connectivity index (χ2v) is 8.89. The minimum atomic E-state index is -3.29. The fourth-order valence-corrected chi connectivity index (χ4v) is 5.96. The summed E-state index contributed by atoms with van der Waals surface area (Å²) in [6.07, 6.45) is 6.47. The predicted molar refractivity (Wildman–Crippen MR) is 81.8 cm³/mol. The van der Waals surface area contributed by atoms with Gasteiger partial charge in [-0.05, 0) is 50.1 Å². The molecule has 1 heterocycles. The number of nitrogens with one attached hydrogen (secondary N) is 1. The first-order valence-electron chi connectivity index (χ1n) is 7.25. The Bertz CT molecular complexity index is 587. The number of nitrogen functional groups attached to an aromatic ring is 1. The van der Waals surface area contributed by atoms with Crippen LogP contribution in [-0.2, 0) is 9.84 Å². The summed E-state index contributed by atoms with van der Waals surface area (Å²) in [5.41, 5.74) is 5.80. The van der Waals surface area contributed by atoms with Gasteiger partial charge in [-0.25, -0.2) is 8.42 Å². The van der Waals surface area contributed by atoms with Crippen LogP contribution >= 0.6 is 11.5 Å². The molecule has 1 unspecified atom stereocenters. The first-order chi connectivity index (χ1) is 9.50. The van der Waals surface area contributed by atoms with Gasteiger partial charge in [0.1, 0.15) is 9.90 Å². The Morgan fingerprint density at radius 2 is 1.95 bits per heavy atom. The van der Waals surface area contributed by atoms with Crippen LogP contribution in [0.2, 0.25) is 0 Å². The molecule has 0 aliphatic heterocycles. The Hall–Kier alpha value is -0.820. The Balaban J connectivity index is 1.83. The summed E-state index contributed by atoms with van der Waals surface area (Å²) in [5.74, 6) is 0.776. The Kier molecular flexibility index (Phi) is 3.66. The van der Waals surface area contributed by atoms with Crippen molar-refractivity contribution in [3.8, 4) is 0 Å².